The van der Waals surface area contributed by atoms with Crippen LogP contribution in [0.25, 0.3) is 21.9 Å². The highest BCUT2D eigenvalue weighted by Gasteiger charge is 2.53. The van der Waals surface area contributed by atoms with Crippen LogP contribution in [-0.4, -0.2) is 34.3 Å². The van der Waals surface area contributed by atoms with Gasteiger partial charge in [0, 0.05) is 6.07 Å². The zero-order chi connectivity index (χ0) is 22.1. The first-order valence-electron chi connectivity index (χ1n) is 9.91. The molecule has 0 saturated heterocycles. The number of benzene rings is 2. The van der Waals surface area contributed by atoms with Crippen molar-refractivity contribution in [1.82, 2.24) is 0 Å². The van der Waals surface area contributed by atoms with Crippen molar-refractivity contribution in [2.45, 2.75) is 44.2 Å². The van der Waals surface area contributed by atoms with Crippen LogP contribution < -0.4 is 14.9 Å². The van der Waals surface area contributed by atoms with E-state index in [9.17, 15) is 20.1 Å². The van der Waals surface area contributed by atoms with E-state index in [2.05, 4.69) is 0 Å². The molecule has 0 saturated carbocycles. The molecule has 0 amide bonds. The minimum atomic E-state index is -1.60. The molecule has 5 rings (SSSR count). The van der Waals surface area contributed by atoms with Gasteiger partial charge < -0.3 is 33.9 Å². The van der Waals surface area contributed by atoms with E-state index in [1.165, 1.54) is 31.6 Å². The Hall–Kier alpha value is -3.23. The molecule has 0 spiro atoms. The average molecular weight is 426 g/mol. The van der Waals surface area contributed by atoms with Gasteiger partial charge in [0.25, 0.3) is 6.29 Å². The molecule has 0 aliphatic carbocycles. The third kappa shape index (κ3) is 2.79. The summed E-state index contributed by atoms with van der Waals surface area (Å²) in [5.74, 6) is 0.156. The standard InChI is InChI=1S/C23H22O8/c1-22(2,26)7-6-11-4-5-12(24)15-18(25)16-13(30-19(11)15)10-14-17(20(16)28-3)23(27)8-9-29-21(23)31-14/h4-5,8-10,21,24,26-27H,6-7H2,1-3H3. The van der Waals surface area contributed by atoms with E-state index in [1.54, 1.807) is 19.9 Å². The number of rotatable bonds is 4. The lowest BCUT2D eigenvalue weighted by Crippen LogP contribution is -2.33. The zero-order valence-electron chi connectivity index (χ0n) is 17.3. The Morgan fingerprint density at radius 2 is 2.03 bits per heavy atom. The smallest absolute Gasteiger partial charge is 0.277 e. The van der Waals surface area contributed by atoms with E-state index in [0.717, 1.165) is 0 Å². The number of ether oxygens (including phenoxy) is 3. The Bertz CT molecular complexity index is 1310. The van der Waals surface area contributed by atoms with Gasteiger partial charge >= 0.3 is 0 Å². The van der Waals surface area contributed by atoms with Crippen LogP contribution in [0.4, 0.5) is 0 Å². The number of fused-ring (bicyclic) bond motifs is 5. The van der Waals surface area contributed by atoms with Crippen LogP contribution in [-0.2, 0) is 16.8 Å². The Morgan fingerprint density at radius 3 is 2.74 bits per heavy atom. The van der Waals surface area contributed by atoms with Crippen molar-refractivity contribution in [3.8, 4) is 17.2 Å². The molecule has 8 heteroatoms. The highest BCUT2D eigenvalue weighted by molar-refractivity contribution is 5.98. The minimum Gasteiger partial charge on any atom is -0.507 e. The molecule has 1 aromatic heterocycles. The van der Waals surface area contributed by atoms with E-state index in [1.807, 2.05) is 0 Å². The topological polar surface area (TPSA) is 119 Å². The second kappa shape index (κ2) is 6.38. The van der Waals surface area contributed by atoms with Gasteiger partial charge in [-0.3, -0.25) is 4.79 Å². The molecule has 3 heterocycles. The van der Waals surface area contributed by atoms with Crippen molar-refractivity contribution in [1.29, 1.82) is 0 Å². The zero-order valence-corrected chi connectivity index (χ0v) is 17.3. The second-order valence-corrected chi connectivity index (χ2v) is 8.56. The normalized spacial score (nSPS) is 21.8. The lowest BCUT2D eigenvalue weighted by atomic mass is 9.92. The highest BCUT2D eigenvalue weighted by atomic mass is 16.7. The van der Waals surface area contributed by atoms with Crippen LogP contribution >= 0.6 is 0 Å². The van der Waals surface area contributed by atoms with Crippen LogP contribution in [0.5, 0.6) is 17.2 Å². The number of aryl methyl sites for hydroxylation is 1. The molecule has 0 fully saturated rings. The van der Waals surface area contributed by atoms with Gasteiger partial charge in [0.15, 0.2) is 5.60 Å². The summed E-state index contributed by atoms with van der Waals surface area (Å²) < 4.78 is 22.7. The van der Waals surface area contributed by atoms with Crippen LogP contribution in [0.3, 0.4) is 0 Å². The molecule has 2 aliphatic heterocycles. The molecule has 0 radical (unpaired) electrons. The Balaban J connectivity index is 1.82. The van der Waals surface area contributed by atoms with Crippen molar-refractivity contribution < 1.29 is 33.9 Å². The molecule has 8 nitrogen and oxygen atoms in total. The first-order chi connectivity index (χ1) is 14.6. The number of aromatic hydroxyl groups is 1. The number of hydrogen-bond acceptors (Lipinski definition) is 8. The van der Waals surface area contributed by atoms with E-state index < -0.39 is 22.9 Å². The van der Waals surface area contributed by atoms with E-state index in [4.69, 9.17) is 18.6 Å². The van der Waals surface area contributed by atoms with Gasteiger partial charge in [-0.25, -0.2) is 0 Å². The molecule has 3 aromatic rings. The number of aliphatic hydroxyl groups is 2. The van der Waals surface area contributed by atoms with Crippen LogP contribution in [0.2, 0.25) is 0 Å². The van der Waals surface area contributed by atoms with Gasteiger partial charge in [0.1, 0.15) is 39.2 Å². The van der Waals surface area contributed by atoms with Crippen molar-refractivity contribution >= 4 is 21.9 Å². The predicted molar refractivity (Wildman–Crippen MR) is 111 cm³/mol. The summed E-state index contributed by atoms with van der Waals surface area (Å²) in [5, 5.41) is 31.7. The van der Waals surface area contributed by atoms with Gasteiger partial charge in [-0.05, 0) is 44.4 Å². The Labute approximate surface area is 176 Å². The monoisotopic (exact) mass is 426 g/mol. The van der Waals surface area contributed by atoms with Crippen molar-refractivity contribution in [2.24, 2.45) is 0 Å². The Kier molecular flexibility index (Phi) is 4.06. The van der Waals surface area contributed by atoms with Crippen LogP contribution in [0.1, 0.15) is 31.4 Å². The van der Waals surface area contributed by atoms with Crippen molar-refractivity contribution in [3.63, 3.8) is 0 Å². The predicted octanol–water partition coefficient (Wildman–Crippen LogP) is 2.81. The SMILES string of the molecule is COc1c2c(cc3oc4c(CCC(C)(C)O)ccc(O)c4c(=O)c13)OC1OC=CC21O. The number of methoxy groups -OCH3 is 1. The molecule has 31 heavy (non-hydrogen) atoms. The maximum absolute atomic E-state index is 13.5. The summed E-state index contributed by atoms with van der Waals surface area (Å²) in [6.07, 6.45) is 2.65. The first kappa shape index (κ1) is 19.7. The molecular formula is C23H22O8. The number of phenolic OH excluding ortho intramolecular Hbond substituents is 1. The molecule has 162 valence electrons. The van der Waals surface area contributed by atoms with Crippen LogP contribution in [0.15, 0.2) is 39.7 Å². The molecule has 2 unspecified atom stereocenters. The summed E-state index contributed by atoms with van der Waals surface area (Å²) in [6.45, 7) is 3.40. The summed E-state index contributed by atoms with van der Waals surface area (Å²) in [4.78, 5) is 13.5. The first-order valence-corrected chi connectivity index (χ1v) is 9.91. The highest BCUT2D eigenvalue weighted by Crippen LogP contribution is 2.52. The van der Waals surface area contributed by atoms with Gasteiger partial charge in [-0.15, -0.1) is 0 Å². The fraction of sp³-hybridized carbons (Fsp3) is 0.348. The molecule has 2 atom stereocenters. The summed E-state index contributed by atoms with van der Waals surface area (Å²) in [6, 6.07) is 4.63. The van der Waals surface area contributed by atoms with E-state index in [0.29, 0.717) is 18.4 Å². The van der Waals surface area contributed by atoms with Gasteiger partial charge in [-0.1, -0.05) is 6.07 Å². The molecule has 2 aromatic carbocycles. The van der Waals surface area contributed by atoms with Crippen molar-refractivity contribution in [3.05, 3.63) is 51.9 Å². The maximum atomic E-state index is 13.5. The fourth-order valence-corrected chi connectivity index (χ4v) is 4.24. The van der Waals surface area contributed by atoms with E-state index >= 15 is 0 Å². The summed E-state index contributed by atoms with van der Waals surface area (Å²) >= 11 is 0. The van der Waals surface area contributed by atoms with E-state index in [-0.39, 0.29) is 44.8 Å². The quantitative estimate of drug-likeness (QED) is 0.545. The van der Waals surface area contributed by atoms with Crippen molar-refractivity contribution in [2.75, 3.05) is 7.11 Å². The number of phenols is 1. The lowest BCUT2D eigenvalue weighted by Gasteiger charge is -2.20. The Morgan fingerprint density at radius 1 is 1.26 bits per heavy atom. The molecular weight excluding hydrogens is 404 g/mol. The summed E-state index contributed by atoms with van der Waals surface area (Å²) in [5.41, 5.74) is -1.63. The third-order valence-electron chi connectivity index (χ3n) is 5.82. The maximum Gasteiger partial charge on any atom is 0.277 e. The molecule has 3 N–H and O–H groups in total. The second-order valence-electron chi connectivity index (χ2n) is 8.56. The molecule has 0 bridgehead atoms. The lowest BCUT2D eigenvalue weighted by molar-refractivity contribution is -0.110. The van der Waals surface area contributed by atoms with Gasteiger partial charge in [0.05, 0.1) is 24.5 Å². The molecule has 2 aliphatic rings. The minimum absolute atomic E-state index is 0.0136. The van der Waals surface area contributed by atoms with Gasteiger partial charge in [0.2, 0.25) is 5.43 Å². The third-order valence-corrected chi connectivity index (χ3v) is 5.82. The number of hydrogen-bond donors (Lipinski definition) is 3. The fourth-order valence-electron chi connectivity index (χ4n) is 4.24. The largest absolute Gasteiger partial charge is 0.507 e. The van der Waals surface area contributed by atoms with Crippen LogP contribution in [0, 0.1) is 0 Å². The average Bonchev–Trinajstić information content (AvgIpc) is 3.18. The summed E-state index contributed by atoms with van der Waals surface area (Å²) in [7, 11) is 1.38. The van der Waals surface area contributed by atoms with Gasteiger partial charge in [-0.2, -0.15) is 0 Å².